The van der Waals surface area contributed by atoms with Gasteiger partial charge in [-0.2, -0.15) is 15.0 Å². The molecule has 0 bridgehead atoms. The molecule has 11 heteroatoms. The Morgan fingerprint density at radius 1 is 0.892 bits per heavy atom. The zero-order chi connectivity index (χ0) is 25.7. The number of nitrogens with one attached hydrogen (secondary N) is 1. The first-order chi connectivity index (χ1) is 17.9. The van der Waals surface area contributed by atoms with E-state index < -0.39 is 6.10 Å². The molecule has 2 saturated heterocycles. The third-order valence-corrected chi connectivity index (χ3v) is 7.31. The monoisotopic (exact) mass is 501 g/mol. The van der Waals surface area contributed by atoms with E-state index in [-0.39, 0.29) is 23.9 Å². The van der Waals surface area contributed by atoms with E-state index in [1.165, 1.54) is 0 Å². The molecule has 2 aromatic carbocycles. The zero-order valence-electron chi connectivity index (χ0n) is 20.4. The minimum absolute atomic E-state index is 0.000548. The highest BCUT2D eigenvalue weighted by Gasteiger charge is 2.34. The number of hydrogen-bond donors (Lipinski definition) is 5. The molecule has 37 heavy (non-hydrogen) atoms. The van der Waals surface area contributed by atoms with E-state index in [4.69, 9.17) is 27.2 Å². The van der Waals surface area contributed by atoms with E-state index in [9.17, 15) is 9.90 Å². The average molecular weight is 502 g/mol. The van der Waals surface area contributed by atoms with Crippen molar-refractivity contribution >= 4 is 29.3 Å². The number of piperidine rings is 1. The van der Waals surface area contributed by atoms with Crippen molar-refractivity contribution in [3.8, 4) is 11.1 Å². The van der Waals surface area contributed by atoms with Crippen LogP contribution >= 0.6 is 0 Å². The van der Waals surface area contributed by atoms with E-state index in [0.29, 0.717) is 67.3 Å². The van der Waals surface area contributed by atoms with Crippen LogP contribution in [0.2, 0.25) is 0 Å². The highest BCUT2D eigenvalue weighted by Crippen LogP contribution is 2.38. The maximum absolute atomic E-state index is 13.0. The molecule has 1 aromatic heterocycles. The number of nitrogens with zero attached hydrogens (tertiary/aromatic N) is 5. The van der Waals surface area contributed by atoms with Crippen molar-refractivity contribution in [1.82, 2.24) is 15.0 Å². The van der Waals surface area contributed by atoms with Gasteiger partial charge in [0.1, 0.15) is 0 Å². The number of nitrogens with two attached hydrogens (primary N) is 3. The first-order valence-electron chi connectivity index (χ1n) is 12.6. The van der Waals surface area contributed by atoms with Gasteiger partial charge < -0.3 is 37.4 Å². The molecule has 0 spiro atoms. The summed E-state index contributed by atoms with van der Waals surface area (Å²) in [5, 5.41) is 13.6. The third kappa shape index (κ3) is 4.40. The number of anilines is 4. The van der Waals surface area contributed by atoms with Crippen LogP contribution in [0.5, 0.6) is 0 Å². The lowest BCUT2D eigenvalue weighted by atomic mass is 10.0. The Bertz CT molecular complexity index is 1340. The number of rotatable bonds is 5. The number of aromatic nitrogens is 3. The van der Waals surface area contributed by atoms with Gasteiger partial charge in [-0.15, -0.1) is 0 Å². The van der Waals surface area contributed by atoms with Gasteiger partial charge in [0.15, 0.2) is 5.78 Å². The Morgan fingerprint density at radius 2 is 1.59 bits per heavy atom. The van der Waals surface area contributed by atoms with Crippen molar-refractivity contribution in [3.05, 3.63) is 53.6 Å². The van der Waals surface area contributed by atoms with Crippen LogP contribution in [0, 0.1) is 0 Å². The lowest BCUT2D eigenvalue weighted by Crippen LogP contribution is -2.53. The Balaban J connectivity index is 1.36. The maximum atomic E-state index is 13.0. The summed E-state index contributed by atoms with van der Waals surface area (Å²) in [5.41, 5.74) is 22.3. The number of carbonyl (C=O) groups is 1. The summed E-state index contributed by atoms with van der Waals surface area (Å²) in [5.74, 6) is 1.21. The number of β-amino-alcohol motifs (C(OH)–C–C–N with tert-alkyl or cyclic N) is 1. The molecule has 1 aliphatic carbocycles. The van der Waals surface area contributed by atoms with E-state index >= 15 is 0 Å². The molecule has 3 aromatic rings. The number of fused-ring (bicyclic) bond motifs is 3. The molecule has 3 aliphatic rings. The standard InChI is InChI=1S/C26H31N9O2/c27-10-17-9-18(36)13-35(17)26-32-24(31-25(33-26)34-11-14(28)7-15(29)12-34)30-16-5-6-20-19-3-1-2-4-21(19)23(37)22(20)8-16/h1-6,8,14-15,17-18,36H,7,9-13,27-29H2,(H,30,31,32,33)/t14-,15+,17-,18+/m0/s1. The molecule has 0 radical (unpaired) electrons. The summed E-state index contributed by atoms with van der Waals surface area (Å²) >= 11 is 0. The smallest absolute Gasteiger partial charge is 0.233 e. The van der Waals surface area contributed by atoms with Crippen molar-refractivity contribution in [2.24, 2.45) is 17.2 Å². The second-order valence-corrected chi connectivity index (χ2v) is 10.1. The van der Waals surface area contributed by atoms with Crippen LogP contribution in [-0.4, -0.2) is 76.3 Å². The highest BCUT2D eigenvalue weighted by molar-refractivity contribution is 6.22. The number of aliphatic hydroxyl groups excluding tert-OH is 1. The highest BCUT2D eigenvalue weighted by atomic mass is 16.3. The summed E-state index contributed by atoms with van der Waals surface area (Å²) in [6.45, 7) is 1.90. The van der Waals surface area contributed by atoms with Crippen LogP contribution in [-0.2, 0) is 0 Å². The maximum Gasteiger partial charge on any atom is 0.233 e. The van der Waals surface area contributed by atoms with Crippen molar-refractivity contribution in [2.45, 2.75) is 37.1 Å². The van der Waals surface area contributed by atoms with Gasteiger partial charge in [0.05, 0.1) is 6.10 Å². The quantitative estimate of drug-likeness (QED) is 0.259. The molecule has 0 amide bonds. The second kappa shape index (κ2) is 9.34. The summed E-state index contributed by atoms with van der Waals surface area (Å²) in [6, 6.07) is 13.0. The van der Waals surface area contributed by atoms with Crippen LogP contribution in [0.15, 0.2) is 42.5 Å². The number of benzene rings is 2. The Hall–Kier alpha value is -3.64. The van der Waals surface area contributed by atoms with Crippen LogP contribution in [0.25, 0.3) is 11.1 Å². The molecule has 2 aliphatic heterocycles. The van der Waals surface area contributed by atoms with Crippen LogP contribution in [0.4, 0.5) is 23.5 Å². The summed E-state index contributed by atoms with van der Waals surface area (Å²) < 4.78 is 0. The second-order valence-electron chi connectivity index (χ2n) is 10.1. The molecule has 11 nitrogen and oxygen atoms in total. The first kappa shape index (κ1) is 23.7. The first-order valence-corrected chi connectivity index (χ1v) is 12.6. The van der Waals surface area contributed by atoms with E-state index in [1.54, 1.807) is 0 Å². The van der Waals surface area contributed by atoms with E-state index in [2.05, 4.69) is 10.3 Å². The molecule has 0 saturated carbocycles. The number of carbonyl (C=O) groups excluding carboxylic acids is 1. The van der Waals surface area contributed by atoms with Crippen LogP contribution in [0.3, 0.4) is 0 Å². The fraction of sp³-hybridized carbons (Fsp3) is 0.385. The van der Waals surface area contributed by atoms with Crippen molar-refractivity contribution < 1.29 is 9.90 Å². The molecule has 8 N–H and O–H groups in total. The average Bonchev–Trinajstić information content (AvgIpc) is 3.40. The molecule has 4 atom stereocenters. The summed E-state index contributed by atoms with van der Waals surface area (Å²) in [4.78, 5) is 31.0. The Labute approximate surface area is 214 Å². The number of aliphatic hydroxyl groups is 1. The van der Waals surface area contributed by atoms with Crippen molar-refractivity contribution in [1.29, 1.82) is 0 Å². The molecule has 192 valence electrons. The lowest BCUT2D eigenvalue weighted by molar-refractivity contribution is 0.104. The molecule has 2 fully saturated rings. The van der Waals surface area contributed by atoms with Gasteiger partial charge in [-0.3, -0.25) is 4.79 Å². The van der Waals surface area contributed by atoms with E-state index in [1.807, 2.05) is 52.3 Å². The summed E-state index contributed by atoms with van der Waals surface area (Å²) in [7, 11) is 0. The van der Waals surface area contributed by atoms with Gasteiger partial charge in [-0.1, -0.05) is 30.3 Å². The lowest BCUT2D eigenvalue weighted by Gasteiger charge is -2.35. The van der Waals surface area contributed by atoms with Crippen molar-refractivity contribution in [2.75, 3.05) is 41.3 Å². The zero-order valence-corrected chi connectivity index (χ0v) is 20.4. The number of hydrogen-bond acceptors (Lipinski definition) is 11. The normalized spacial score (nSPS) is 24.8. The molecular weight excluding hydrogens is 470 g/mol. The topological polar surface area (TPSA) is 173 Å². The SMILES string of the molecule is NC[C@@H]1C[C@@H](O)CN1c1nc(Nc2ccc3c(c2)C(=O)c2ccccc2-3)nc(N2C[C@H](N)C[C@H](N)C2)n1. The molecule has 3 heterocycles. The Kier molecular flexibility index (Phi) is 6.00. The van der Waals surface area contributed by atoms with Crippen LogP contribution in [0.1, 0.15) is 28.8 Å². The van der Waals surface area contributed by atoms with Crippen LogP contribution < -0.4 is 32.3 Å². The number of ketones is 1. The summed E-state index contributed by atoms with van der Waals surface area (Å²) in [6.07, 6.45) is 0.776. The van der Waals surface area contributed by atoms with Crippen molar-refractivity contribution in [3.63, 3.8) is 0 Å². The third-order valence-electron chi connectivity index (χ3n) is 7.31. The molecule has 0 unspecified atom stereocenters. The van der Waals surface area contributed by atoms with Gasteiger partial charge in [-0.05, 0) is 36.1 Å². The van der Waals surface area contributed by atoms with Gasteiger partial charge in [0.25, 0.3) is 0 Å². The van der Waals surface area contributed by atoms with Gasteiger partial charge in [0, 0.05) is 61.1 Å². The molecular formula is C26H31N9O2. The Morgan fingerprint density at radius 3 is 2.35 bits per heavy atom. The fourth-order valence-corrected chi connectivity index (χ4v) is 5.62. The van der Waals surface area contributed by atoms with E-state index in [0.717, 1.165) is 17.5 Å². The largest absolute Gasteiger partial charge is 0.391 e. The molecule has 6 rings (SSSR count). The van der Waals surface area contributed by atoms with Gasteiger partial charge in [0.2, 0.25) is 17.8 Å². The fourth-order valence-electron chi connectivity index (χ4n) is 5.62. The predicted octanol–water partition coefficient (Wildman–Crippen LogP) is 0.590. The minimum atomic E-state index is -0.508. The van der Waals surface area contributed by atoms with Gasteiger partial charge in [-0.25, -0.2) is 0 Å². The van der Waals surface area contributed by atoms with Gasteiger partial charge >= 0.3 is 0 Å². The minimum Gasteiger partial charge on any atom is -0.391 e. The predicted molar refractivity (Wildman–Crippen MR) is 142 cm³/mol.